The number of nitrogens with one attached hydrogen (secondary N) is 2. The second-order valence-electron chi connectivity index (χ2n) is 3.68. The van der Waals surface area contributed by atoms with Gasteiger partial charge in [-0.25, -0.2) is 0 Å². The molecule has 0 amide bonds. The summed E-state index contributed by atoms with van der Waals surface area (Å²) < 4.78 is 5.13. The fourth-order valence-electron chi connectivity index (χ4n) is 1.25. The molecule has 0 heterocycles. The van der Waals surface area contributed by atoms with Crippen LogP contribution in [0.25, 0.3) is 0 Å². The zero-order chi connectivity index (χ0) is 11.8. The minimum Gasteiger partial charge on any atom is -0.384 e. The van der Waals surface area contributed by atoms with Gasteiger partial charge in [0.05, 0.1) is 6.10 Å². The fourth-order valence-corrected chi connectivity index (χ4v) is 1.38. The zero-order valence-corrected chi connectivity index (χ0v) is 10.6. The lowest BCUT2D eigenvalue weighted by Crippen LogP contribution is -2.30. The molecule has 1 aromatic carbocycles. The predicted molar refractivity (Wildman–Crippen MR) is 69.3 cm³/mol. The van der Waals surface area contributed by atoms with Crippen LogP contribution in [0.15, 0.2) is 24.3 Å². The minimum absolute atomic E-state index is 0.260. The van der Waals surface area contributed by atoms with Gasteiger partial charge in [-0.05, 0) is 31.2 Å². The van der Waals surface area contributed by atoms with Crippen LogP contribution in [0.3, 0.4) is 0 Å². The van der Waals surface area contributed by atoms with Crippen molar-refractivity contribution in [2.75, 3.05) is 32.1 Å². The Morgan fingerprint density at radius 2 is 1.94 bits per heavy atom. The van der Waals surface area contributed by atoms with Gasteiger partial charge in [-0.2, -0.15) is 0 Å². The highest BCUT2D eigenvalue weighted by Gasteiger charge is 1.97. The van der Waals surface area contributed by atoms with Crippen molar-refractivity contribution in [3.63, 3.8) is 0 Å². The molecule has 1 aromatic rings. The maximum atomic E-state index is 5.79. The molecule has 4 heteroatoms. The van der Waals surface area contributed by atoms with E-state index in [4.69, 9.17) is 16.3 Å². The smallest absolute Gasteiger partial charge is 0.0667 e. The largest absolute Gasteiger partial charge is 0.384 e. The third-order valence-electron chi connectivity index (χ3n) is 2.31. The molecule has 0 bridgehead atoms. The molecule has 0 aliphatic carbocycles. The Labute approximate surface area is 102 Å². The molecule has 16 heavy (non-hydrogen) atoms. The molecule has 0 fully saturated rings. The molecule has 3 nitrogen and oxygen atoms in total. The standard InChI is InChI=1S/C12H19ClN2O/c1-10(16-2)9-14-7-8-15-12-5-3-11(13)4-6-12/h3-6,10,14-15H,7-9H2,1-2H3. The monoisotopic (exact) mass is 242 g/mol. The summed E-state index contributed by atoms with van der Waals surface area (Å²) in [7, 11) is 1.72. The predicted octanol–water partition coefficient (Wildman–Crippen LogP) is 2.38. The first-order valence-corrected chi connectivity index (χ1v) is 5.83. The second kappa shape index (κ2) is 7.49. The Hall–Kier alpha value is -0.770. The Morgan fingerprint density at radius 3 is 2.56 bits per heavy atom. The van der Waals surface area contributed by atoms with Crippen LogP contribution in [0.5, 0.6) is 0 Å². The Morgan fingerprint density at radius 1 is 1.25 bits per heavy atom. The number of hydrogen-bond acceptors (Lipinski definition) is 3. The molecule has 1 unspecified atom stereocenters. The average molecular weight is 243 g/mol. The van der Waals surface area contributed by atoms with Crippen LogP contribution in [0, 0.1) is 0 Å². The molecule has 1 atom stereocenters. The van der Waals surface area contributed by atoms with Crippen LogP contribution in [0.1, 0.15) is 6.92 Å². The molecule has 0 aliphatic heterocycles. The summed E-state index contributed by atoms with van der Waals surface area (Å²) >= 11 is 5.79. The Balaban J connectivity index is 2.09. The van der Waals surface area contributed by atoms with Crippen molar-refractivity contribution in [3.05, 3.63) is 29.3 Å². The third-order valence-corrected chi connectivity index (χ3v) is 2.56. The summed E-state index contributed by atoms with van der Waals surface area (Å²) in [5, 5.41) is 7.37. The van der Waals surface area contributed by atoms with Gasteiger partial charge in [0.1, 0.15) is 0 Å². The van der Waals surface area contributed by atoms with E-state index in [0.29, 0.717) is 0 Å². The Bertz CT molecular complexity index is 290. The summed E-state index contributed by atoms with van der Waals surface area (Å²) in [6, 6.07) is 7.70. The molecule has 0 saturated carbocycles. The van der Waals surface area contributed by atoms with E-state index in [2.05, 4.69) is 10.6 Å². The van der Waals surface area contributed by atoms with Crippen LogP contribution in [-0.2, 0) is 4.74 Å². The van der Waals surface area contributed by atoms with Crippen LogP contribution in [0.4, 0.5) is 5.69 Å². The maximum Gasteiger partial charge on any atom is 0.0667 e. The highest BCUT2D eigenvalue weighted by Crippen LogP contribution is 2.12. The van der Waals surface area contributed by atoms with E-state index in [1.165, 1.54) is 0 Å². The first-order valence-electron chi connectivity index (χ1n) is 5.45. The third kappa shape index (κ3) is 5.35. The van der Waals surface area contributed by atoms with E-state index in [1.807, 2.05) is 31.2 Å². The van der Waals surface area contributed by atoms with E-state index >= 15 is 0 Å². The van der Waals surface area contributed by atoms with E-state index in [-0.39, 0.29) is 6.10 Å². The van der Waals surface area contributed by atoms with Crippen molar-refractivity contribution >= 4 is 17.3 Å². The van der Waals surface area contributed by atoms with Gasteiger partial charge in [0, 0.05) is 37.5 Å². The quantitative estimate of drug-likeness (QED) is 0.721. The SMILES string of the molecule is COC(C)CNCCNc1ccc(Cl)cc1. The summed E-state index contributed by atoms with van der Waals surface area (Å²) in [6.45, 7) is 4.72. The molecular formula is C12H19ClN2O. The maximum absolute atomic E-state index is 5.79. The van der Waals surface area contributed by atoms with Crippen molar-refractivity contribution < 1.29 is 4.74 Å². The van der Waals surface area contributed by atoms with Crippen molar-refractivity contribution in [3.8, 4) is 0 Å². The van der Waals surface area contributed by atoms with Gasteiger partial charge in [0.15, 0.2) is 0 Å². The van der Waals surface area contributed by atoms with E-state index in [0.717, 1.165) is 30.3 Å². The summed E-state index contributed by atoms with van der Waals surface area (Å²) in [6.07, 6.45) is 0.260. The summed E-state index contributed by atoms with van der Waals surface area (Å²) in [5.41, 5.74) is 1.09. The molecule has 0 saturated heterocycles. The first kappa shape index (κ1) is 13.3. The fraction of sp³-hybridized carbons (Fsp3) is 0.500. The zero-order valence-electron chi connectivity index (χ0n) is 9.79. The van der Waals surface area contributed by atoms with Crippen molar-refractivity contribution in [2.45, 2.75) is 13.0 Å². The van der Waals surface area contributed by atoms with Gasteiger partial charge in [0.25, 0.3) is 0 Å². The molecule has 2 N–H and O–H groups in total. The molecule has 0 aromatic heterocycles. The van der Waals surface area contributed by atoms with Gasteiger partial charge >= 0.3 is 0 Å². The van der Waals surface area contributed by atoms with E-state index in [9.17, 15) is 0 Å². The van der Waals surface area contributed by atoms with Gasteiger partial charge in [-0.3, -0.25) is 0 Å². The van der Waals surface area contributed by atoms with Crippen LogP contribution >= 0.6 is 11.6 Å². The number of benzene rings is 1. The Kier molecular flexibility index (Phi) is 6.23. The number of halogens is 1. The van der Waals surface area contributed by atoms with E-state index in [1.54, 1.807) is 7.11 Å². The van der Waals surface area contributed by atoms with Crippen LogP contribution in [-0.4, -0.2) is 32.8 Å². The molecule has 90 valence electrons. The van der Waals surface area contributed by atoms with E-state index < -0.39 is 0 Å². The lowest BCUT2D eigenvalue weighted by molar-refractivity contribution is 0.117. The number of ether oxygens (including phenoxy) is 1. The van der Waals surface area contributed by atoms with Gasteiger partial charge in [0.2, 0.25) is 0 Å². The molecule has 0 spiro atoms. The minimum atomic E-state index is 0.260. The first-order chi connectivity index (χ1) is 7.72. The lowest BCUT2D eigenvalue weighted by atomic mass is 10.3. The number of anilines is 1. The summed E-state index contributed by atoms with van der Waals surface area (Å²) in [4.78, 5) is 0. The highest BCUT2D eigenvalue weighted by molar-refractivity contribution is 6.30. The van der Waals surface area contributed by atoms with Crippen LogP contribution < -0.4 is 10.6 Å². The summed E-state index contributed by atoms with van der Waals surface area (Å²) in [5.74, 6) is 0. The topological polar surface area (TPSA) is 33.3 Å². The number of methoxy groups -OCH3 is 1. The second-order valence-corrected chi connectivity index (χ2v) is 4.12. The van der Waals surface area contributed by atoms with Crippen molar-refractivity contribution in [1.82, 2.24) is 5.32 Å². The van der Waals surface area contributed by atoms with Crippen LogP contribution in [0.2, 0.25) is 5.02 Å². The normalized spacial score (nSPS) is 12.4. The molecule has 0 radical (unpaired) electrons. The number of hydrogen-bond donors (Lipinski definition) is 2. The molecule has 1 rings (SSSR count). The molecular weight excluding hydrogens is 224 g/mol. The molecule has 0 aliphatic rings. The highest BCUT2D eigenvalue weighted by atomic mass is 35.5. The van der Waals surface area contributed by atoms with Gasteiger partial charge in [-0.1, -0.05) is 11.6 Å². The van der Waals surface area contributed by atoms with Crippen molar-refractivity contribution in [1.29, 1.82) is 0 Å². The lowest BCUT2D eigenvalue weighted by Gasteiger charge is -2.11. The van der Waals surface area contributed by atoms with Gasteiger partial charge in [-0.15, -0.1) is 0 Å². The van der Waals surface area contributed by atoms with Gasteiger partial charge < -0.3 is 15.4 Å². The average Bonchev–Trinajstić information content (AvgIpc) is 2.31. The van der Waals surface area contributed by atoms with Crippen molar-refractivity contribution in [2.24, 2.45) is 0 Å². The number of rotatable bonds is 7.